The van der Waals surface area contributed by atoms with E-state index in [9.17, 15) is 0 Å². The van der Waals surface area contributed by atoms with E-state index in [-0.39, 0.29) is 0 Å². The average molecular weight is 177 g/mol. The first kappa shape index (κ1) is 8.34. The lowest BCUT2D eigenvalue weighted by molar-refractivity contribution is 0.263. The maximum atomic E-state index is 2.75. The number of nitrogens with zero attached hydrogens (tertiary/aromatic N) is 1. The molecule has 4 aliphatic heterocycles. The van der Waals surface area contributed by atoms with Crippen LogP contribution in [0.3, 0.4) is 0 Å². The molecule has 4 rings (SSSR count). The Bertz CT molecular complexity index is 244. The van der Waals surface area contributed by atoms with Crippen molar-refractivity contribution < 1.29 is 0 Å². The summed E-state index contributed by atoms with van der Waals surface area (Å²) >= 11 is 0. The van der Waals surface area contributed by atoms with Gasteiger partial charge in [-0.05, 0) is 43.4 Å². The summed E-state index contributed by atoms with van der Waals surface area (Å²) in [5.74, 6) is 3.03. The molecule has 3 unspecified atom stereocenters. The molecule has 72 valence electrons. The molecule has 3 atom stereocenters. The maximum Gasteiger partial charge on any atom is 0.171 e. The highest BCUT2D eigenvalue weighted by atomic mass is 15.3. The molecule has 0 saturated carbocycles. The van der Waals surface area contributed by atoms with Crippen LogP contribution in [-0.2, 0) is 0 Å². The van der Waals surface area contributed by atoms with Gasteiger partial charge >= 0.3 is 0 Å². The predicted molar refractivity (Wildman–Crippen MR) is 57.3 cm³/mol. The van der Waals surface area contributed by atoms with Gasteiger partial charge in [0.2, 0.25) is 0 Å². The summed E-state index contributed by atoms with van der Waals surface area (Å²) in [5, 5.41) is 0.846. The normalized spacial score (nSPS) is 46.2. The summed E-state index contributed by atoms with van der Waals surface area (Å²) in [6.45, 7) is 12.0. The first-order valence-electron chi connectivity index (χ1n) is 5.84. The van der Waals surface area contributed by atoms with Crippen molar-refractivity contribution in [3.63, 3.8) is 0 Å². The Kier molecular flexibility index (Phi) is 1.38. The third kappa shape index (κ3) is 0.794. The van der Waals surface area contributed by atoms with E-state index in [4.69, 9.17) is 0 Å². The molecule has 2 bridgehead atoms. The minimum atomic E-state index is 0.786. The minimum Gasteiger partial charge on any atom is -0.306 e. The van der Waals surface area contributed by atoms with Crippen LogP contribution >= 0.6 is 0 Å². The average Bonchev–Trinajstić information content (AvgIpc) is 2.72. The van der Waals surface area contributed by atoms with Gasteiger partial charge in [-0.3, -0.25) is 0 Å². The van der Waals surface area contributed by atoms with E-state index < -0.39 is 0 Å². The van der Waals surface area contributed by atoms with E-state index in [1.54, 1.807) is 0 Å². The molecule has 0 aliphatic carbocycles. The van der Waals surface area contributed by atoms with Gasteiger partial charge in [-0.1, -0.05) is 20.3 Å². The first-order chi connectivity index (χ1) is 6.09. The van der Waals surface area contributed by atoms with E-state index in [1.165, 1.54) is 13.0 Å². The number of hydrogen-bond acceptors (Lipinski definition) is 1. The fourth-order valence-corrected chi connectivity index (χ4v) is 4.15. The highest BCUT2D eigenvalue weighted by molar-refractivity contribution is 6.92. The molecule has 4 heterocycles. The molecule has 0 amide bonds. The molecule has 0 spiro atoms. The highest BCUT2D eigenvalue weighted by Gasteiger charge is 2.93. The van der Waals surface area contributed by atoms with Crippen LogP contribution in [0.4, 0.5) is 0 Å². The summed E-state index contributed by atoms with van der Waals surface area (Å²) in [6.07, 6.45) is 1.50. The molecular weight excluding hydrogens is 157 g/mol. The van der Waals surface area contributed by atoms with Crippen molar-refractivity contribution in [2.24, 2.45) is 5.92 Å². The Labute approximate surface area is 82.0 Å². The molecule has 0 radical (unpaired) electrons. The Hall–Kier alpha value is 0.0249. The van der Waals surface area contributed by atoms with Gasteiger partial charge in [0.15, 0.2) is 6.71 Å². The van der Waals surface area contributed by atoms with Crippen LogP contribution in [0.25, 0.3) is 0 Å². The van der Waals surface area contributed by atoms with Crippen LogP contribution < -0.4 is 0 Å². The molecule has 13 heavy (non-hydrogen) atoms. The quantitative estimate of drug-likeness (QED) is 0.598. The Morgan fingerprint density at radius 3 is 2.46 bits per heavy atom. The van der Waals surface area contributed by atoms with Crippen LogP contribution in [0, 0.1) is 5.92 Å². The Morgan fingerprint density at radius 2 is 2.08 bits per heavy atom. The third-order valence-electron chi connectivity index (χ3n) is 4.61. The standard InChI is InChI=1S/C11H20BN/c1-7(2)5-11-9-6-13(8(3)4)10(11)12(9)11/h7-10H,5-6H2,1-4H3. The van der Waals surface area contributed by atoms with E-state index in [1.807, 2.05) is 0 Å². The summed E-state index contributed by atoms with van der Waals surface area (Å²) in [5.41, 5.74) is 0. The second-order valence-electron chi connectivity index (χ2n) is 6.08. The van der Waals surface area contributed by atoms with E-state index >= 15 is 0 Å². The minimum absolute atomic E-state index is 0.786. The zero-order chi connectivity index (χ0) is 9.38. The summed E-state index contributed by atoms with van der Waals surface area (Å²) in [6, 6.07) is 0.786. The van der Waals surface area contributed by atoms with Gasteiger partial charge < -0.3 is 4.90 Å². The van der Waals surface area contributed by atoms with Crippen molar-refractivity contribution in [2.45, 2.75) is 57.2 Å². The third-order valence-corrected chi connectivity index (χ3v) is 4.61. The molecular formula is C11H20BN. The molecule has 0 aromatic heterocycles. The molecule has 4 saturated heterocycles. The van der Waals surface area contributed by atoms with Gasteiger partial charge in [0, 0.05) is 6.04 Å². The zero-order valence-electron chi connectivity index (χ0n) is 9.25. The molecule has 0 aromatic carbocycles. The number of fused-ring (bicyclic) bond motifs is 1. The van der Waals surface area contributed by atoms with Crippen molar-refractivity contribution in [3.05, 3.63) is 0 Å². The molecule has 4 aliphatic rings. The topological polar surface area (TPSA) is 3.24 Å². The first-order valence-corrected chi connectivity index (χ1v) is 5.84. The predicted octanol–water partition coefficient (Wildman–Crippen LogP) is 2.30. The second kappa shape index (κ2) is 2.16. The van der Waals surface area contributed by atoms with E-state index in [2.05, 4.69) is 32.6 Å². The van der Waals surface area contributed by atoms with Crippen LogP contribution in [0.1, 0.15) is 34.1 Å². The molecule has 0 N–H and O–H groups in total. The zero-order valence-corrected chi connectivity index (χ0v) is 9.25. The molecule has 1 nitrogen and oxygen atoms in total. The molecule has 2 heteroatoms. The van der Waals surface area contributed by atoms with E-state index in [0.29, 0.717) is 0 Å². The lowest BCUT2D eigenvalue weighted by atomic mass is 9.78. The lowest BCUT2D eigenvalue weighted by Crippen LogP contribution is -2.29. The SMILES string of the molecule is CC(C)CC12B3C1CN(C(C)C)C32. The van der Waals surface area contributed by atoms with Gasteiger partial charge in [0.1, 0.15) is 0 Å². The van der Waals surface area contributed by atoms with Gasteiger partial charge in [-0.2, -0.15) is 0 Å². The van der Waals surface area contributed by atoms with Gasteiger partial charge in [0.05, 0.1) is 0 Å². The van der Waals surface area contributed by atoms with Crippen molar-refractivity contribution in [3.8, 4) is 0 Å². The van der Waals surface area contributed by atoms with Crippen LogP contribution in [0.5, 0.6) is 0 Å². The summed E-state index contributed by atoms with van der Waals surface area (Å²) < 4.78 is 0. The van der Waals surface area contributed by atoms with Crippen molar-refractivity contribution in [2.75, 3.05) is 6.54 Å². The smallest absolute Gasteiger partial charge is 0.171 e. The van der Waals surface area contributed by atoms with Gasteiger partial charge in [-0.15, -0.1) is 0 Å². The van der Waals surface area contributed by atoms with Crippen LogP contribution in [0.15, 0.2) is 0 Å². The maximum absolute atomic E-state index is 2.75. The monoisotopic (exact) mass is 177 g/mol. The molecule has 0 aromatic rings. The number of rotatable bonds is 3. The summed E-state index contributed by atoms with van der Waals surface area (Å²) in [7, 11) is 0. The Morgan fingerprint density at radius 1 is 1.38 bits per heavy atom. The largest absolute Gasteiger partial charge is 0.306 e. The fraction of sp³-hybridized carbons (Fsp3) is 1.00. The number of hydrogen-bond donors (Lipinski definition) is 0. The van der Waals surface area contributed by atoms with Crippen molar-refractivity contribution in [1.29, 1.82) is 0 Å². The Balaban J connectivity index is 1.70. The van der Waals surface area contributed by atoms with Gasteiger partial charge in [-0.25, -0.2) is 0 Å². The van der Waals surface area contributed by atoms with Crippen LogP contribution in [-0.4, -0.2) is 30.1 Å². The fourth-order valence-electron chi connectivity index (χ4n) is 4.15. The van der Waals surface area contributed by atoms with Crippen LogP contribution in [0.2, 0.25) is 11.1 Å². The molecule has 4 fully saturated rings. The van der Waals surface area contributed by atoms with Crippen molar-refractivity contribution in [1.82, 2.24) is 4.90 Å². The second-order valence-corrected chi connectivity index (χ2v) is 6.08. The van der Waals surface area contributed by atoms with Gasteiger partial charge in [0.25, 0.3) is 0 Å². The summed E-state index contributed by atoms with van der Waals surface area (Å²) in [4.78, 5) is 2.75. The van der Waals surface area contributed by atoms with Crippen molar-refractivity contribution >= 4 is 6.71 Å². The van der Waals surface area contributed by atoms with E-state index in [0.717, 1.165) is 35.7 Å². The lowest BCUT2D eigenvalue weighted by Gasteiger charge is -2.22. The highest BCUT2D eigenvalue weighted by Crippen LogP contribution is 2.90.